The molecule has 0 amide bonds. The van der Waals surface area contributed by atoms with Gasteiger partial charge in [-0.3, -0.25) is 0 Å². The first-order chi connectivity index (χ1) is 6.17. The maximum absolute atomic E-state index is 6.22. The van der Waals surface area contributed by atoms with Crippen LogP contribution in [-0.2, 0) is 9.16 Å². The molecule has 1 heterocycles. The van der Waals surface area contributed by atoms with Crippen LogP contribution in [0.2, 0.25) is 18.1 Å². The third kappa shape index (κ3) is 2.79. The normalized spacial score (nSPS) is 24.5. The molecule has 1 rings (SSSR count). The SMILES string of the molecule is CC[Si](CC)(CC)OC(C)C1CO1. The van der Waals surface area contributed by atoms with Gasteiger partial charge < -0.3 is 9.16 Å². The van der Waals surface area contributed by atoms with Crippen LogP contribution in [0.5, 0.6) is 0 Å². The first-order valence-corrected chi connectivity index (χ1v) is 7.99. The van der Waals surface area contributed by atoms with Crippen molar-refractivity contribution in [3.8, 4) is 0 Å². The summed E-state index contributed by atoms with van der Waals surface area (Å²) in [4.78, 5) is 0. The molecule has 0 spiro atoms. The van der Waals surface area contributed by atoms with Gasteiger partial charge >= 0.3 is 0 Å². The van der Waals surface area contributed by atoms with Gasteiger partial charge in [-0.25, -0.2) is 0 Å². The highest BCUT2D eigenvalue weighted by molar-refractivity contribution is 6.73. The Kier molecular flexibility index (Phi) is 3.95. The van der Waals surface area contributed by atoms with E-state index in [1.54, 1.807) is 0 Å². The molecule has 78 valence electrons. The zero-order valence-corrected chi connectivity index (χ0v) is 10.3. The molecule has 1 fully saturated rings. The third-order valence-electron chi connectivity index (χ3n) is 3.25. The van der Waals surface area contributed by atoms with Gasteiger partial charge in [-0.05, 0) is 25.1 Å². The number of hydrogen-bond acceptors (Lipinski definition) is 2. The minimum atomic E-state index is -1.38. The molecule has 0 saturated carbocycles. The van der Waals surface area contributed by atoms with Crippen molar-refractivity contribution in [1.82, 2.24) is 0 Å². The molecule has 0 radical (unpaired) electrons. The molecule has 0 bridgehead atoms. The van der Waals surface area contributed by atoms with Gasteiger partial charge in [0.1, 0.15) is 6.10 Å². The topological polar surface area (TPSA) is 21.8 Å². The van der Waals surface area contributed by atoms with Crippen LogP contribution in [-0.4, -0.2) is 27.1 Å². The molecule has 0 aromatic carbocycles. The van der Waals surface area contributed by atoms with Crippen LogP contribution in [0.1, 0.15) is 27.7 Å². The second kappa shape index (κ2) is 4.58. The lowest BCUT2D eigenvalue weighted by Crippen LogP contribution is -2.40. The lowest BCUT2D eigenvalue weighted by molar-refractivity contribution is 0.163. The predicted molar refractivity (Wildman–Crippen MR) is 57.5 cm³/mol. The van der Waals surface area contributed by atoms with Gasteiger partial charge in [0.25, 0.3) is 0 Å². The van der Waals surface area contributed by atoms with Crippen molar-refractivity contribution >= 4 is 8.32 Å². The van der Waals surface area contributed by atoms with E-state index in [9.17, 15) is 0 Å². The zero-order valence-electron chi connectivity index (χ0n) is 9.30. The Morgan fingerprint density at radius 3 is 2.08 bits per heavy atom. The largest absolute Gasteiger partial charge is 0.411 e. The van der Waals surface area contributed by atoms with E-state index in [-0.39, 0.29) is 0 Å². The zero-order chi connectivity index (χ0) is 9.90. The molecule has 2 nitrogen and oxygen atoms in total. The minimum absolute atomic E-state index is 0.325. The molecule has 2 unspecified atom stereocenters. The van der Waals surface area contributed by atoms with Gasteiger partial charge in [-0.15, -0.1) is 0 Å². The van der Waals surface area contributed by atoms with E-state index in [4.69, 9.17) is 9.16 Å². The Balaban J connectivity index is 2.44. The summed E-state index contributed by atoms with van der Waals surface area (Å²) in [5.74, 6) is 0. The maximum Gasteiger partial charge on any atom is 0.192 e. The molecule has 1 saturated heterocycles. The molecule has 1 aliphatic heterocycles. The molecular formula is C10H22O2Si. The van der Waals surface area contributed by atoms with Crippen LogP contribution in [0, 0.1) is 0 Å². The van der Waals surface area contributed by atoms with Gasteiger partial charge in [0.15, 0.2) is 8.32 Å². The Morgan fingerprint density at radius 1 is 1.31 bits per heavy atom. The summed E-state index contributed by atoms with van der Waals surface area (Å²) in [6.07, 6.45) is 0.725. The number of hydrogen-bond donors (Lipinski definition) is 0. The highest BCUT2D eigenvalue weighted by Gasteiger charge is 2.37. The molecule has 13 heavy (non-hydrogen) atoms. The molecule has 0 N–H and O–H groups in total. The summed E-state index contributed by atoms with van der Waals surface area (Å²) >= 11 is 0. The van der Waals surface area contributed by atoms with E-state index in [1.807, 2.05) is 0 Å². The fourth-order valence-corrected chi connectivity index (χ4v) is 4.74. The molecular weight excluding hydrogens is 180 g/mol. The van der Waals surface area contributed by atoms with Crippen LogP contribution in [0.15, 0.2) is 0 Å². The average Bonchev–Trinajstić information content (AvgIpc) is 2.97. The van der Waals surface area contributed by atoms with Crippen LogP contribution in [0.3, 0.4) is 0 Å². The van der Waals surface area contributed by atoms with Crippen LogP contribution in [0.4, 0.5) is 0 Å². The van der Waals surface area contributed by atoms with Crippen molar-refractivity contribution in [2.75, 3.05) is 6.61 Å². The van der Waals surface area contributed by atoms with E-state index in [0.29, 0.717) is 12.2 Å². The minimum Gasteiger partial charge on any atom is -0.411 e. The predicted octanol–water partition coefficient (Wildman–Crippen LogP) is 2.80. The fourth-order valence-electron chi connectivity index (χ4n) is 1.80. The van der Waals surface area contributed by atoms with Crippen molar-refractivity contribution in [3.05, 3.63) is 0 Å². The molecule has 0 aromatic heterocycles. The van der Waals surface area contributed by atoms with Gasteiger partial charge in [0.05, 0.1) is 12.7 Å². The van der Waals surface area contributed by atoms with Gasteiger partial charge in [-0.1, -0.05) is 20.8 Å². The highest BCUT2D eigenvalue weighted by Crippen LogP contribution is 2.27. The lowest BCUT2D eigenvalue weighted by Gasteiger charge is -2.31. The summed E-state index contributed by atoms with van der Waals surface area (Å²) in [7, 11) is -1.38. The molecule has 0 aliphatic carbocycles. The Hall–Kier alpha value is 0.137. The summed E-state index contributed by atoms with van der Waals surface area (Å²) in [6.45, 7) is 9.85. The first kappa shape index (κ1) is 11.2. The van der Waals surface area contributed by atoms with E-state index < -0.39 is 8.32 Å². The van der Waals surface area contributed by atoms with Crippen molar-refractivity contribution in [1.29, 1.82) is 0 Å². The summed E-state index contributed by atoms with van der Waals surface area (Å²) < 4.78 is 11.5. The van der Waals surface area contributed by atoms with Crippen molar-refractivity contribution in [2.24, 2.45) is 0 Å². The first-order valence-electron chi connectivity index (χ1n) is 5.47. The summed E-state index contributed by atoms with van der Waals surface area (Å²) in [5.41, 5.74) is 0. The number of epoxide rings is 1. The van der Waals surface area contributed by atoms with E-state index in [1.165, 1.54) is 18.1 Å². The maximum atomic E-state index is 6.22. The Bertz CT molecular complexity index is 145. The molecule has 2 atom stereocenters. The quantitative estimate of drug-likeness (QED) is 0.488. The van der Waals surface area contributed by atoms with Crippen LogP contribution in [0.25, 0.3) is 0 Å². The molecule has 3 heteroatoms. The van der Waals surface area contributed by atoms with Crippen LogP contribution < -0.4 is 0 Å². The molecule has 1 aliphatic rings. The smallest absolute Gasteiger partial charge is 0.192 e. The van der Waals surface area contributed by atoms with E-state index in [2.05, 4.69) is 27.7 Å². The van der Waals surface area contributed by atoms with E-state index >= 15 is 0 Å². The second-order valence-electron chi connectivity index (χ2n) is 3.94. The van der Waals surface area contributed by atoms with Crippen molar-refractivity contribution in [3.63, 3.8) is 0 Å². The second-order valence-corrected chi connectivity index (χ2v) is 8.66. The van der Waals surface area contributed by atoms with Gasteiger partial charge in [0, 0.05) is 0 Å². The Morgan fingerprint density at radius 2 is 1.77 bits per heavy atom. The number of rotatable bonds is 6. The van der Waals surface area contributed by atoms with Crippen molar-refractivity contribution in [2.45, 2.75) is 58.0 Å². The highest BCUT2D eigenvalue weighted by atomic mass is 28.4. The average molecular weight is 202 g/mol. The molecule has 0 aromatic rings. The summed E-state index contributed by atoms with van der Waals surface area (Å²) in [5, 5.41) is 0. The Labute approximate surface area is 82.7 Å². The van der Waals surface area contributed by atoms with Crippen molar-refractivity contribution < 1.29 is 9.16 Å². The lowest BCUT2D eigenvalue weighted by atomic mass is 10.3. The summed E-state index contributed by atoms with van der Waals surface area (Å²) in [6, 6.07) is 3.70. The standard InChI is InChI=1S/C10H22O2Si/c1-5-13(6-2,7-3)12-9(4)10-8-11-10/h9-10H,5-8H2,1-4H3. The fraction of sp³-hybridized carbons (Fsp3) is 1.00. The van der Waals surface area contributed by atoms with Gasteiger partial charge in [0.2, 0.25) is 0 Å². The third-order valence-corrected chi connectivity index (χ3v) is 7.99. The van der Waals surface area contributed by atoms with Crippen LogP contribution >= 0.6 is 0 Å². The van der Waals surface area contributed by atoms with E-state index in [0.717, 1.165) is 6.61 Å². The monoisotopic (exact) mass is 202 g/mol. The number of ether oxygens (including phenoxy) is 1. The van der Waals surface area contributed by atoms with Gasteiger partial charge in [-0.2, -0.15) is 0 Å².